The van der Waals surface area contributed by atoms with E-state index in [4.69, 9.17) is 5.26 Å². The van der Waals surface area contributed by atoms with Crippen molar-refractivity contribution in [3.63, 3.8) is 0 Å². The molecular weight excluding hydrogens is 238 g/mol. The molecule has 1 fully saturated rings. The summed E-state index contributed by atoms with van der Waals surface area (Å²) < 4.78 is 0. The maximum absolute atomic E-state index is 8.90. The molecule has 1 aliphatic heterocycles. The maximum Gasteiger partial charge on any atom is 0.141 e. The second kappa shape index (κ2) is 5.63. The smallest absolute Gasteiger partial charge is 0.141 e. The molecule has 0 aliphatic carbocycles. The first kappa shape index (κ1) is 13.2. The van der Waals surface area contributed by atoms with E-state index in [1.807, 2.05) is 18.2 Å². The lowest BCUT2D eigenvalue weighted by Crippen LogP contribution is -2.52. The molecular formula is C14H17N5. The average Bonchev–Trinajstić information content (AvgIpc) is 2.46. The van der Waals surface area contributed by atoms with Crippen LogP contribution in [0.25, 0.3) is 5.70 Å². The first-order valence-electron chi connectivity index (χ1n) is 6.21. The van der Waals surface area contributed by atoms with Crippen molar-refractivity contribution >= 4 is 11.5 Å². The zero-order valence-electron chi connectivity index (χ0n) is 11.2. The van der Waals surface area contributed by atoms with Gasteiger partial charge in [-0.3, -0.25) is 4.99 Å². The molecule has 0 amide bonds. The first-order valence-corrected chi connectivity index (χ1v) is 6.21. The number of piperazine rings is 1. The number of pyridine rings is 1. The molecule has 2 heterocycles. The maximum atomic E-state index is 8.90. The van der Waals surface area contributed by atoms with Gasteiger partial charge < -0.3 is 10.2 Å². The van der Waals surface area contributed by atoms with E-state index < -0.39 is 0 Å². The minimum Gasteiger partial charge on any atom is -0.326 e. The molecule has 1 N–H and O–H groups in total. The summed E-state index contributed by atoms with van der Waals surface area (Å²) in [6, 6.07) is 7.61. The Kier molecular flexibility index (Phi) is 3.93. The number of hydrogen-bond donors (Lipinski definition) is 1. The van der Waals surface area contributed by atoms with E-state index in [1.54, 1.807) is 13.1 Å². The predicted octanol–water partition coefficient (Wildman–Crippen LogP) is 1.25. The van der Waals surface area contributed by atoms with E-state index >= 15 is 0 Å². The van der Waals surface area contributed by atoms with Gasteiger partial charge in [-0.15, -0.1) is 0 Å². The molecule has 0 unspecified atom stereocenters. The largest absolute Gasteiger partial charge is 0.326 e. The Labute approximate surface area is 113 Å². The Morgan fingerprint density at radius 1 is 1.63 bits per heavy atom. The molecule has 0 bridgehead atoms. The van der Waals surface area contributed by atoms with Crippen LogP contribution in [0.3, 0.4) is 0 Å². The molecule has 19 heavy (non-hydrogen) atoms. The van der Waals surface area contributed by atoms with Gasteiger partial charge in [0.2, 0.25) is 0 Å². The van der Waals surface area contributed by atoms with E-state index in [1.165, 1.54) is 0 Å². The van der Waals surface area contributed by atoms with Crippen molar-refractivity contribution in [2.75, 3.05) is 20.1 Å². The van der Waals surface area contributed by atoms with E-state index in [0.29, 0.717) is 11.4 Å². The highest BCUT2D eigenvalue weighted by molar-refractivity contribution is 5.94. The van der Waals surface area contributed by atoms with Crippen LogP contribution < -0.4 is 5.32 Å². The number of hydrogen-bond acceptors (Lipinski definition) is 4. The second-order valence-corrected chi connectivity index (χ2v) is 4.38. The van der Waals surface area contributed by atoms with Crippen LogP contribution in [0.2, 0.25) is 0 Å². The van der Waals surface area contributed by atoms with Gasteiger partial charge >= 0.3 is 0 Å². The van der Waals surface area contributed by atoms with Crippen LogP contribution >= 0.6 is 0 Å². The monoisotopic (exact) mass is 255 g/mol. The van der Waals surface area contributed by atoms with E-state index in [2.05, 4.69) is 33.7 Å². The Bertz CT molecular complexity index is 555. The number of nitriles is 1. The fourth-order valence-electron chi connectivity index (χ4n) is 2.22. The van der Waals surface area contributed by atoms with Crippen LogP contribution in [0.4, 0.5) is 0 Å². The van der Waals surface area contributed by atoms with Crippen molar-refractivity contribution in [3.05, 3.63) is 36.2 Å². The lowest BCUT2D eigenvalue weighted by atomic mass is 10.1. The van der Waals surface area contributed by atoms with Crippen LogP contribution in [-0.4, -0.2) is 41.9 Å². The van der Waals surface area contributed by atoms with Gasteiger partial charge in [0.1, 0.15) is 17.6 Å². The van der Waals surface area contributed by atoms with Crippen molar-refractivity contribution in [1.29, 1.82) is 5.26 Å². The van der Waals surface area contributed by atoms with Crippen molar-refractivity contribution < 1.29 is 0 Å². The molecule has 2 rings (SSSR count). The van der Waals surface area contributed by atoms with Gasteiger partial charge in [-0.2, -0.15) is 5.26 Å². The normalized spacial score (nSPS) is 21.2. The SMILES string of the molecule is C=C(c1cccc(C#N)n1)N1CCN[C@@H](C)C1=NC. The molecule has 1 aromatic heterocycles. The molecule has 1 aliphatic rings. The van der Waals surface area contributed by atoms with E-state index in [0.717, 1.165) is 24.6 Å². The fourth-order valence-corrected chi connectivity index (χ4v) is 2.22. The van der Waals surface area contributed by atoms with Gasteiger partial charge in [0.05, 0.1) is 17.4 Å². The summed E-state index contributed by atoms with van der Waals surface area (Å²) in [5.41, 5.74) is 1.90. The van der Waals surface area contributed by atoms with Crippen molar-refractivity contribution in [3.8, 4) is 6.07 Å². The Morgan fingerprint density at radius 3 is 3.11 bits per heavy atom. The quantitative estimate of drug-likeness (QED) is 0.863. The minimum absolute atomic E-state index is 0.189. The van der Waals surface area contributed by atoms with Crippen molar-refractivity contribution in [1.82, 2.24) is 15.2 Å². The van der Waals surface area contributed by atoms with Gasteiger partial charge in [0, 0.05) is 20.1 Å². The summed E-state index contributed by atoms with van der Waals surface area (Å²) in [6.45, 7) is 7.84. The van der Waals surface area contributed by atoms with Crippen molar-refractivity contribution in [2.45, 2.75) is 13.0 Å². The number of amidine groups is 1. The Balaban J connectivity index is 2.30. The molecule has 1 aromatic rings. The van der Waals surface area contributed by atoms with Crippen LogP contribution in [0, 0.1) is 11.3 Å². The summed E-state index contributed by atoms with van der Waals surface area (Å²) >= 11 is 0. The summed E-state index contributed by atoms with van der Waals surface area (Å²) in [6.07, 6.45) is 0. The lowest BCUT2D eigenvalue weighted by molar-refractivity contribution is 0.453. The van der Waals surface area contributed by atoms with Crippen LogP contribution in [-0.2, 0) is 0 Å². The third-order valence-electron chi connectivity index (χ3n) is 3.16. The highest BCUT2D eigenvalue weighted by atomic mass is 15.3. The molecule has 1 saturated heterocycles. The summed E-state index contributed by atoms with van der Waals surface area (Å²) in [5, 5.41) is 12.3. The summed E-state index contributed by atoms with van der Waals surface area (Å²) in [4.78, 5) is 10.7. The van der Waals surface area contributed by atoms with Gasteiger partial charge in [-0.25, -0.2) is 4.98 Å². The lowest BCUT2D eigenvalue weighted by Gasteiger charge is -2.35. The Hall–Kier alpha value is -2.19. The first-order chi connectivity index (χ1) is 9.17. The van der Waals surface area contributed by atoms with Crippen LogP contribution in [0.15, 0.2) is 29.8 Å². The summed E-state index contributed by atoms with van der Waals surface area (Å²) in [7, 11) is 1.78. The van der Waals surface area contributed by atoms with Gasteiger partial charge in [-0.1, -0.05) is 12.6 Å². The number of nitrogens with zero attached hydrogens (tertiary/aromatic N) is 4. The standard InChI is InChI=1S/C14H17N5/c1-10-14(16-3)19(8-7-17-10)11(2)13-6-4-5-12(9-15)18-13/h4-6,10,17H,2,7-8H2,1,3H3/t10-/m0/s1. The second-order valence-electron chi connectivity index (χ2n) is 4.38. The highest BCUT2D eigenvalue weighted by Crippen LogP contribution is 2.19. The minimum atomic E-state index is 0.189. The van der Waals surface area contributed by atoms with Gasteiger partial charge in [0.25, 0.3) is 0 Å². The zero-order valence-corrected chi connectivity index (χ0v) is 11.2. The van der Waals surface area contributed by atoms with Crippen molar-refractivity contribution in [2.24, 2.45) is 4.99 Å². The number of aliphatic imine (C=N–C) groups is 1. The fraction of sp³-hybridized carbons (Fsp3) is 0.357. The van der Waals surface area contributed by atoms with E-state index in [-0.39, 0.29) is 6.04 Å². The van der Waals surface area contributed by atoms with E-state index in [9.17, 15) is 0 Å². The molecule has 1 atom stereocenters. The highest BCUT2D eigenvalue weighted by Gasteiger charge is 2.25. The number of rotatable bonds is 2. The third-order valence-corrected chi connectivity index (χ3v) is 3.16. The van der Waals surface area contributed by atoms with Crippen LogP contribution in [0.1, 0.15) is 18.3 Å². The number of nitrogens with one attached hydrogen (secondary N) is 1. The zero-order chi connectivity index (χ0) is 13.8. The number of aromatic nitrogens is 1. The average molecular weight is 255 g/mol. The molecule has 0 spiro atoms. The molecule has 0 saturated carbocycles. The third kappa shape index (κ3) is 2.64. The molecule has 0 aromatic carbocycles. The van der Waals surface area contributed by atoms with Crippen LogP contribution in [0.5, 0.6) is 0 Å². The molecule has 98 valence electrons. The topological polar surface area (TPSA) is 64.3 Å². The molecule has 5 nitrogen and oxygen atoms in total. The molecule has 0 radical (unpaired) electrons. The molecule has 5 heteroatoms. The van der Waals surface area contributed by atoms with Gasteiger partial charge in [-0.05, 0) is 19.1 Å². The van der Waals surface area contributed by atoms with Gasteiger partial charge in [0.15, 0.2) is 0 Å². The Morgan fingerprint density at radius 2 is 2.42 bits per heavy atom. The predicted molar refractivity (Wildman–Crippen MR) is 75.5 cm³/mol. The summed E-state index contributed by atoms with van der Waals surface area (Å²) in [5.74, 6) is 0.945.